The first-order valence-corrected chi connectivity index (χ1v) is 10.5. The second-order valence-electron chi connectivity index (χ2n) is 7.58. The maximum atomic E-state index is 13.4. The maximum absolute atomic E-state index is 13.4. The topological polar surface area (TPSA) is 59.1 Å². The SMILES string of the molecule is COc1ccc(C2CCCN2C(=O)c2ccc(Cl)c(N3CCCC3=O)c2)c(OC)c1. The van der Waals surface area contributed by atoms with Gasteiger partial charge in [-0.3, -0.25) is 9.59 Å². The number of carbonyl (C=O) groups is 2. The lowest BCUT2D eigenvalue weighted by Gasteiger charge is -2.27. The molecule has 2 aliphatic heterocycles. The van der Waals surface area contributed by atoms with Crippen LogP contribution in [0.15, 0.2) is 36.4 Å². The third kappa shape index (κ3) is 3.72. The number of likely N-dealkylation sites (tertiary alicyclic amines) is 1. The Kier molecular flexibility index (Phi) is 5.86. The third-order valence-corrected chi connectivity index (χ3v) is 6.19. The minimum atomic E-state index is -0.0779. The van der Waals surface area contributed by atoms with Crippen LogP contribution in [0.3, 0.4) is 0 Å². The number of carbonyl (C=O) groups excluding carboxylic acids is 2. The molecule has 2 saturated heterocycles. The fraction of sp³-hybridized carbons (Fsp3) is 0.391. The van der Waals surface area contributed by atoms with Crippen LogP contribution in [0.5, 0.6) is 11.5 Å². The van der Waals surface area contributed by atoms with E-state index in [1.54, 1.807) is 37.3 Å². The summed E-state index contributed by atoms with van der Waals surface area (Å²) in [6.45, 7) is 1.30. The van der Waals surface area contributed by atoms with E-state index in [-0.39, 0.29) is 17.9 Å². The van der Waals surface area contributed by atoms with Crippen molar-refractivity contribution >= 4 is 29.1 Å². The molecule has 30 heavy (non-hydrogen) atoms. The van der Waals surface area contributed by atoms with Gasteiger partial charge in [0.25, 0.3) is 5.91 Å². The quantitative estimate of drug-likeness (QED) is 0.705. The van der Waals surface area contributed by atoms with Gasteiger partial charge in [-0.1, -0.05) is 11.6 Å². The van der Waals surface area contributed by atoms with Gasteiger partial charge in [0.05, 0.1) is 31.0 Å². The molecule has 0 aromatic heterocycles. The van der Waals surface area contributed by atoms with Gasteiger partial charge < -0.3 is 19.3 Å². The molecule has 0 N–H and O–H groups in total. The molecule has 2 aromatic carbocycles. The first-order chi connectivity index (χ1) is 14.5. The van der Waals surface area contributed by atoms with E-state index in [9.17, 15) is 9.59 Å². The lowest BCUT2D eigenvalue weighted by Crippen LogP contribution is -2.31. The van der Waals surface area contributed by atoms with E-state index in [1.807, 2.05) is 23.1 Å². The van der Waals surface area contributed by atoms with Crippen LogP contribution in [0.1, 0.15) is 47.6 Å². The summed E-state index contributed by atoms with van der Waals surface area (Å²) in [5, 5.41) is 0.483. The molecule has 1 atom stereocenters. The van der Waals surface area contributed by atoms with Gasteiger partial charge in [-0.2, -0.15) is 0 Å². The average molecular weight is 429 g/mol. The number of anilines is 1. The van der Waals surface area contributed by atoms with Crippen molar-refractivity contribution in [3.8, 4) is 11.5 Å². The van der Waals surface area contributed by atoms with Crippen molar-refractivity contribution in [1.82, 2.24) is 4.90 Å². The Hall–Kier alpha value is -2.73. The predicted molar refractivity (Wildman–Crippen MR) is 116 cm³/mol. The fourth-order valence-electron chi connectivity index (χ4n) is 4.35. The lowest BCUT2D eigenvalue weighted by molar-refractivity contribution is -0.117. The number of amides is 2. The van der Waals surface area contributed by atoms with Gasteiger partial charge in [-0.15, -0.1) is 0 Å². The lowest BCUT2D eigenvalue weighted by atomic mass is 10.0. The van der Waals surface area contributed by atoms with E-state index in [1.165, 1.54) is 0 Å². The van der Waals surface area contributed by atoms with Crippen LogP contribution in [0.25, 0.3) is 0 Å². The van der Waals surface area contributed by atoms with E-state index in [4.69, 9.17) is 21.1 Å². The second-order valence-corrected chi connectivity index (χ2v) is 7.99. The van der Waals surface area contributed by atoms with Crippen LogP contribution >= 0.6 is 11.6 Å². The van der Waals surface area contributed by atoms with E-state index < -0.39 is 0 Å². The zero-order valence-corrected chi connectivity index (χ0v) is 17.9. The smallest absolute Gasteiger partial charge is 0.254 e. The molecule has 1 unspecified atom stereocenters. The minimum Gasteiger partial charge on any atom is -0.497 e. The van der Waals surface area contributed by atoms with Crippen LogP contribution in [0.2, 0.25) is 5.02 Å². The van der Waals surface area contributed by atoms with Gasteiger partial charge in [0, 0.05) is 36.7 Å². The minimum absolute atomic E-state index is 0.0449. The van der Waals surface area contributed by atoms with Crippen molar-refractivity contribution in [2.45, 2.75) is 31.7 Å². The maximum Gasteiger partial charge on any atom is 0.254 e. The highest BCUT2D eigenvalue weighted by molar-refractivity contribution is 6.34. The van der Waals surface area contributed by atoms with Crippen LogP contribution < -0.4 is 14.4 Å². The summed E-state index contributed by atoms with van der Waals surface area (Å²) < 4.78 is 10.9. The van der Waals surface area contributed by atoms with Crippen molar-refractivity contribution < 1.29 is 19.1 Å². The Labute approximate surface area is 181 Å². The van der Waals surface area contributed by atoms with E-state index in [2.05, 4.69) is 0 Å². The standard InChI is InChI=1S/C23H25ClN2O4/c1-29-16-8-9-17(21(14-16)30-2)19-5-3-12-26(19)23(28)15-7-10-18(24)20(13-15)25-11-4-6-22(25)27/h7-10,13-14,19H,3-6,11-12H2,1-2H3. The molecule has 6 nitrogen and oxygen atoms in total. The first kappa shape index (κ1) is 20.5. The molecule has 2 fully saturated rings. The van der Waals surface area contributed by atoms with Crippen LogP contribution in [0, 0.1) is 0 Å². The number of nitrogens with zero attached hydrogens (tertiary/aromatic N) is 2. The Morgan fingerprint density at radius 1 is 1.07 bits per heavy atom. The third-order valence-electron chi connectivity index (χ3n) is 5.87. The first-order valence-electron chi connectivity index (χ1n) is 10.2. The van der Waals surface area contributed by atoms with Gasteiger partial charge in [0.1, 0.15) is 11.5 Å². The van der Waals surface area contributed by atoms with Crippen LogP contribution in [-0.4, -0.2) is 44.0 Å². The normalized spacial score (nSPS) is 18.8. The molecule has 2 aromatic rings. The zero-order valence-electron chi connectivity index (χ0n) is 17.2. The Balaban J connectivity index is 1.64. The summed E-state index contributed by atoms with van der Waals surface area (Å²) in [5.74, 6) is 1.39. The van der Waals surface area contributed by atoms with Gasteiger partial charge in [0.2, 0.25) is 5.91 Å². The molecule has 4 rings (SSSR count). The number of hydrogen-bond donors (Lipinski definition) is 0. The number of methoxy groups -OCH3 is 2. The van der Waals surface area contributed by atoms with E-state index in [0.717, 1.165) is 24.8 Å². The van der Waals surface area contributed by atoms with Crippen molar-refractivity contribution in [1.29, 1.82) is 0 Å². The van der Waals surface area contributed by atoms with Crippen molar-refractivity contribution in [2.24, 2.45) is 0 Å². The second kappa shape index (κ2) is 8.56. The molecule has 158 valence electrons. The molecule has 0 saturated carbocycles. The number of halogens is 1. The Bertz CT molecular complexity index is 978. The fourth-order valence-corrected chi connectivity index (χ4v) is 4.57. The molecule has 0 spiro atoms. The highest BCUT2D eigenvalue weighted by atomic mass is 35.5. The van der Waals surface area contributed by atoms with Gasteiger partial charge in [-0.25, -0.2) is 0 Å². The summed E-state index contributed by atoms with van der Waals surface area (Å²) in [5.41, 5.74) is 2.12. The highest BCUT2D eigenvalue weighted by Gasteiger charge is 2.33. The zero-order chi connectivity index (χ0) is 21.3. The summed E-state index contributed by atoms with van der Waals surface area (Å²) in [6.07, 6.45) is 3.09. The summed E-state index contributed by atoms with van der Waals surface area (Å²) in [7, 11) is 3.24. The summed E-state index contributed by atoms with van der Waals surface area (Å²) >= 11 is 6.35. The van der Waals surface area contributed by atoms with Gasteiger partial charge in [-0.05, 0) is 49.6 Å². The Morgan fingerprint density at radius 2 is 1.90 bits per heavy atom. The molecule has 2 amide bonds. The van der Waals surface area contributed by atoms with E-state index >= 15 is 0 Å². The number of hydrogen-bond acceptors (Lipinski definition) is 4. The molecular weight excluding hydrogens is 404 g/mol. The van der Waals surface area contributed by atoms with Crippen molar-refractivity contribution in [2.75, 3.05) is 32.2 Å². The van der Waals surface area contributed by atoms with Gasteiger partial charge in [0.15, 0.2) is 0 Å². The molecule has 0 radical (unpaired) electrons. The van der Waals surface area contributed by atoms with E-state index in [0.29, 0.717) is 47.3 Å². The average Bonchev–Trinajstić information content (AvgIpc) is 3.42. The molecule has 7 heteroatoms. The highest BCUT2D eigenvalue weighted by Crippen LogP contribution is 2.40. The van der Waals surface area contributed by atoms with Crippen LogP contribution in [0.4, 0.5) is 5.69 Å². The van der Waals surface area contributed by atoms with Crippen LogP contribution in [-0.2, 0) is 4.79 Å². The number of benzene rings is 2. The van der Waals surface area contributed by atoms with Crippen molar-refractivity contribution in [3.05, 3.63) is 52.5 Å². The predicted octanol–water partition coefficient (Wildman–Crippen LogP) is 4.46. The monoisotopic (exact) mass is 428 g/mol. The Morgan fingerprint density at radius 3 is 2.60 bits per heavy atom. The molecule has 0 bridgehead atoms. The van der Waals surface area contributed by atoms with Gasteiger partial charge >= 0.3 is 0 Å². The van der Waals surface area contributed by atoms with Crippen molar-refractivity contribution in [3.63, 3.8) is 0 Å². The molecule has 2 heterocycles. The molecule has 0 aliphatic carbocycles. The molecule has 2 aliphatic rings. The number of rotatable bonds is 5. The summed E-state index contributed by atoms with van der Waals surface area (Å²) in [6, 6.07) is 10.8. The number of ether oxygens (including phenoxy) is 2. The summed E-state index contributed by atoms with van der Waals surface area (Å²) in [4.78, 5) is 29.2. The molecular formula is C23H25ClN2O4. The largest absolute Gasteiger partial charge is 0.497 e.